The number of amides is 1. The fourth-order valence-corrected chi connectivity index (χ4v) is 3.04. The van der Waals surface area contributed by atoms with Crippen molar-refractivity contribution in [3.8, 4) is 0 Å². The summed E-state index contributed by atoms with van der Waals surface area (Å²) in [5.74, 6) is 0.390. The Labute approximate surface area is 125 Å². The molecule has 1 aromatic carbocycles. The van der Waals surface area contributed by atoms with Gasteiger partial charge in [0.2, 0.25) is 5.91 Å². The molecule has 4 nitrogen and oxygen atoms in total. The SMILES string of the molecule is Nc1cc(Br)ccc1SCC(=O)NCC1CCCO1. The number of benzene rings is 1. The lowest BCUT2D eigenvalue weighted by molar-refractivity contribution is -0.119. The molecular formula is C13H17BrN2O2S. The Kier molecular flexibility index (Phi) is 5.54. The van der Waals surface area contributed by atoms with Gasteiger partial charge < -0.3 is 15.8 Å². The van der Waals surface area contributed by atoms with Crippen molar-refractivity contribution >= 4 is 39.3 Å². The van der Waals surface area contributed by atoms with Crippen LogP contribution >= 0.6 is 27.7 Å². The second-order valence-corrected chi connectivity index (χ2v) is 6.34. The Morgan fingerprint density at radius 2 is 2.42 bits per heavy atom. The van der Waals surface area contributed by atoms with Gasteiger partial charge in [-0.05, 0) is 31.0 Å². The maximum Gasteiger partial charge on any atom is 0.230 e. The van der Waals surface area contributed by atoms with Gasteiger partial charge in [-0.3, -0.25) is 4.79 Å². The Morgan fingerprint density at radius 3 is 3.11 bits per heavy atom. The lowest BCUT2D eigenvalue weighted by atomic mass is 10.2. The lowest BCUT2D eigenvalue weighted by Gasteiger charge is -2.11. The molecule has 0 bridgehead atoms. The summed E-state index contributed by atoms with van der Waals surface area (Å²) in [7, 11) is 0. The number of anilines is 1. The van der Waals surface area contributed by atoms with Gasteiger partial charge in [-0.25, -0.2) is 0 Å². The molecule has 0 aliphatic carbocycles. The van der Waals surface area contributed by atoms with Crippen LogP contribution in [0.15, 0.2) is 27.6 Å². The zero-order chi connectivity index (χ0) is 13.7. The van der Waals surface area contributed by atoms with Crippen molar-refractivity contribution in [2.45, 2.75) is 23.8 Å². The molecule has 0 saturated carbocycles. The van der Waals surface area contributed by atoms with Crippen molar-refractivity contribution in [1.29, 1.82) is 0 Å². The number of thioether (sulfide) groups is 1. The van der Waals surface area contributed by atoms with Gasteiger partial charge in [-0.2, -0.15) is 0 Å². The first-order valence-corrected chi connectivity index (χ1v) is 7.99. The topological polar surface area (TPSA) is 64.4 Å². The monoisotopic (exact) mass is 344 g/mol. The van der Waals surface area contributed by atoms with Gasteiger partial charge in [0.1, 0.15) is 0 Å². The van der Waals surface area contributed by atoms with Crippen LogP contribution in [0.4, 0.5) is 5.69 Å². The van der Waals surface area contributed by atoms with Crippen LogP contribution in [0.1, 0.15) is 12.8 Å². The second kappa shape index (κ2) is 7.17. The Balaban J connectivity index is 1.73. The quantitative estimate of drug-likeness (QED) is 0.635. The molecule has 104 valence electrons. The average Bonchev–Trinajstić information content (AvgIpc) is 2.88. The third-order valence-electron chi connectivity index (χ3n) is 2.88. The summed E-state index contributed by atoms with van der Waals surface area (Å²) in [4.78, 5) is 12.6. The molecule has 3 N–H and O–H groups in total. The fraction of sp³-hybridized carbons (Fsp3) is 0.462. The molecule has 19 heavy (non-hydrogen) atoms. The van der Waals surface area contributed by atoms with Crippen LogP contribution in [0.25, 0.3) is 0 Å². The molecule has 1 fully saturated rings. The standard InChI is InChI=1S/C13H17BrN2O2S/c14-9-3-4-12(11(15)6-9)19-8-13(17)16-7-10-2-1-5-18-10/h3-4,6,10H,1-2,5,7-8,15H2,(H,16,17). The molecule has 1 amide bonds. The number of nitrogen functional groups attached to an aromatic ring is 1. The summed E-state index contributed by atoms with van der Waals surface area (Å²) in [5, 5.41) is 2.89. The highest BCUT2D eigenvalue weighted by molar-refractivity contribution is 9.10. The summed E-state index contributed by atoms with van der Waals surface area (Å²) < 4.78 is 6.39. The first-order chi connectivity index (χ1) is 9.15. The molecule has 1 aliphatic rings. The molecule has 6 heteroatoms. The minimum absolute atomic E-state index is 0.0165. The van der Waals surface area contributed by atoms with Crippen molar-refractivity contribution < 1.29 is 9.53 Å². The Morgan fingerprint density at radius 1 is 1.58 bits per heavy atom. The molecule has 1 aromatic rings. The van der Waals surface area contributed by atoms with Crippen LogP contribution < -0.4 is 11.1 Å². The summed E-state index contributed by atoms with van der Waals surface area (Å²) in [5.41, 5.74) is 6.56. The van der Waals surface area contributed by atoms with Crippen LogP contribution in [0.3, 0.4) is 0 Å². The van der Waals surface area contributed by atoms with Crippen molar-refractivity contribution in [3.05, 3.63) is 22.7 Å². The number of hydrogen-bond donors (Lipinski definition) is 2. The lowest BCUT2D eigenvalue weighted by Crippen LogP contribution is -2.32. The van der Waals surface area contributed by atoms with Gasteiger partial charge in [0, 0.05) is 28.2 Å². The zero-order valence-electron chi connectivity index (χ0n) is 10.5. The third-order valence-corrected chi connectivity index (χ3v) is 4.46. The number of ether oxygens (including phenoxy) is 1. The number of nitrogens with one attached hydrogen (secondary N) is 1. The minimum Gasteiger partial charge on any atom is -0.398 e. The minimum atomic E-state index is 0.0165. The molecule has 1 heterocycles. The van der Waals surface area contributed by atoms with E-state index in [1.54, 1.807) is 0 Å². The van der Waals surface area contributed by atoms with E-state index in [0.29, 0.717) is 18.0 Å². The Hall–Kier alpha value is -0.720. The molecular weight excluding hydrogens is 328 g/mol. The maximum atomic E-state index is 11.7. The first kappa shape index (κ1) is 14.7. The van der Waals surface area contributed by atoms with Crippen LogP contribution in [0, 0.1) is 0 Å². The van der Waals surface area contributed by atoms with E-state index in [1.807, 2.05) is 18.2 Å². The second-order valence-electron chi connectivity index (χ2n) is 4.41. The number of rotatable bonds is 5. The van der Waals surface area contributed by atoms with Gasteiger partial charge >= 0.3 is 0 Å². The van der Waals surface area contributed by atoms with E-state index in [1.165, 1.54) is 11.8 Å². The van der Waals surface area contributed by atoms with E-state index >= 15 is 0 Å². The number of carbonyl (C=O) groups excluding carboxylic acids is 1. The zero-order valence-corrected chi connectivity index (χ0v) is 12.9. The summed E-state index contributed by atoms with van der Waals surface area (Å²) >= 11 is 4.80. The fourth-order valence-electron chi connectivity index (χ4n) is 1.88. The Bertz CT molecular complexity index is 450. The number of nitrogens with two attached hydrogens (primary N) is 1. The van der Waals surface area contributed by atoms with Crippen LogP contribution in [-0.4, -0.2) is 30.9 Å². The van der Waals surface area contributed by atoms with Crippen molar-refractivity contribution in [2.24, 2.45) is 0 Å². The van der Waals surface area contributed by atoms with E-state index in [4.69, 9.17) is 10.5 Å². The molecule has 1 aliphatic heterocycles. The number of halogens is 1. The van der Waals surface area contributed by atoms with Gasteiger partial charge in [-0.1, -0.05) is 15.9 Å². The third kappa shape index (κ3) is 4.71. The maximum absolute atomic E-state index is 11.7. The van der Waals surface area contributed by atoms with E-state index in [0.717, 1.165) is 28.8 Å². The van der Waals surface area contributed by atoms with Crippen molar-refractivity contribution in [2.75, 3.05) is 24.6 Å². The number of carbonyl (C=O) groups is 1. The van der Waals surface area contributed by atoms with E-state index < -0.39 is 0 Å². The van der Waals surface area contributed by atoms with Gasteiger partial charge in [0.05, 0.1) is 11.9 Å². The van der Waals surface area contributed by atoms with Crippen molar-refractivity contribution in [3.63, 3.8) is 0 Å². The summed E-state index contributed by atoms with van der Waals surface area (Å²) in [6, 6.07) is 5.67. The molecule has 1 unspecified atom stereocenters. The summed E-state index contributed by atoms with van der Waals surface area (Å²) in [6.45, 7) is 1.42. The van der Waals surface area contributed by atoms with Crippen molar-refractivity contribution in [1.82, 2.24) is 5.32 Å². The largest absolute Gasteiger partial charge is 0.398 e. The predicted molar refractivity (Wildman–Crippen MR) is 81.3 cm³/mol. The van der Waals surface area contributed by atoms with Gasteiger partial charge in [0.15, 0.2) is 0 Å². The van der Waals surface area contributed by atoms with Gasteiger partial charge in [-0.15, -0.1) is 11.8 Å². The normalized spacial score (nSPS) is 18.5. The highest BCUT2D eigenvalue weighted by Gasteiger charge is 2.16. The van der Waals surface area contributed by atoms with Crippen LogP contribution in [-0.2, 0) is 9.53 Å². The van der Waals surface area contributed by atoms with Crippen LogP contribution in [0.5, 0.6) is 0 Å². The highest BCUT2D eigenvalue weighted by Crippen LogP contribution is 2.27. The van der Waals surface area contributed by atoms with Crippen LogP contribution in [0.2, 0.25) is 0 Å². The highest BCUT2D eigenvalue weighted by atomic mass is 79.9. The molecule has 0 radical (unpaired) electrons. The van der Waals surface area contributed by atoms with Gasteiger partial charge in [0.25, 0.3) is 0 Å². The predicted octanol–water partition coefficient (Wildman–Crippen LogP) is 2.42. The average molecular weight is 345 g/mol. The van der Waals surface area contributed by atoms with E-state index in [-0.39, 0.29) is 12.0 Å². The molecule has 0 aromatic heterocycles. The number of hydrogen-bond acceptors (Lipinski definition) is 4. The first-order valence-electron chi connectivity index (χ1n) is 6.21. The molecule has 0 spiro atoms. The van der Waals surface area contributed by atoms with E-state index in [9.17, 15) is 4.79 Å². The summed E-state index contributed by atoms with van der Waals surface area (Å²) in [6.07, 6.45) is 2.31. The molecule has 1 saturated heterocycles. The van der Waals surface area contributed by atoms with E-state index in [2.05, 4.69) is 21.2 Å². The molecule has 1 atom stereocenters. The smallest absolute Gasteiger partial charge is 0.230 e. The molecule has 2 rings (SSSR count).